The lowest BCUT2D eigenvalue weighted by Gasteiger charge is -2.34. The number of hydrogen-bond acceptors (Lipinski definition) is 5. The van der Waals surface area contributed by atoms with Gasteiger partial charge in [-0.1, -0.05) is 12.5 Å². The minimum absolute atomic E-state index is 0.0209. The van der Waals surface area contributed by atoms with E-state index in [0.717, 1.165) is 18.7 Å². The summed E-state index contributed by atoms with van der Waals surface area (Å²) in [6.45, 7) is 2.02. The molecule has 1 aromatic carbocycles. The third kappa shape index (κ3) is 3.91. The van der Waals surface area contributed by atoms with Crippen LogP contribution < -0.4 is 9.47 Å². The number of methoxy groups -OCH3 is 3. The van der Waals surface area contributed by atoms with Gasteiger partial charge in [0.25, 0.3) is 0 Å². The van der Waals surface area contributed by atoms with E-state index in [2.05, 4.69) is 4.90 Å². The normalized spacial score (nSPS) is 16.9. The van der Waals surface area contributed by atoms with Crippen LogP contribution in [0.25, 0.3) is 0 Å². The van der Waals surface area contributed by atoms with Crippen molar-refractivity contribution in [2.24, 2.45) is 0 Å². The van der Waals surface area contributed by atoms with Crippen LogP contribution in [0.3, 0.4) is 0 Å². The van der Waals surface area contributed by atoms with E-state index in [1.165, 1.54) is 26.4 Å². The van der Waals surface area contributed by atoms with Gasteiger partial charge in [0.1, 0.15) is 0 Å². The Morgan fingerprint density at radius 2 is 1.77 bits per heavy atom. The van der Waals surface area contributed by atoms with Crippen LogP contribution in [-0.4, -0.2) is 45.3 Å². The SMILES string of the molecule is COC(=O)CC(c1ccc(OC)c(OC)c1)N1CCCCC1. The summed E-state index contributed by atoms with van der Waals surface area (Å²) in [5, 5.41) is 0. The summed E-state index contributed by atoms with van der Waals surface area (Å²) in [4.78, 5) is 14.2. The van der Waals surface area contributed by atoms with E-state index in [-0.39, 0.29) is 12.0 Å². The average Bonchev–Trinajstić information content (AvgIpc) is 2.59. The first-order valence-corrected chi connectivity index (χ1v) is 7.72. The molecule has 1 unspecified atom stereocenters. The van der Waals surface area contributed by atoms with Gasteiger partial charge in [-0.2, -0.15) is 0 Å². The molecule has 0 aliphatic carbocycles. The number of ether oxygens (including phenoxy) is 3. The smallest absolute Gasteiger partial charge is 0.307 e. The Hall–Kier alpha value is -1.75. The van der Waals surface area contributed by atoms with E-state index in [4.69, 9.17) is 14.2 Å². The Labute approximate surface area is 132 Å². The first-order valence-electron chi connectivity index (χ1n) is 7.72. The highest BCUT2D eigenvalue weighted by molar-refractivity contribution is 5.70. The number of piperidine rings is 1. The minimum Gasteiger partial charge on any atom is -0.493 e. The van der Waals surface area contributed by atoms with Crippen molar-refractivity contribution in [1.82, 2.24) is 4.90 Å². The topological polar surface area (TPSA) is 48.0 Å². The van der Waals surface area contributed by atoms with Crippen LogP contribution in [0, 0.1) is 0 Å². The predicted molar refractivity (Wildman–Crippen MR) is 84.3 cm³/mol. The number of likely N-dealkylation sites (tertiary alicyclic amines) is 1. The Kier molecular flexibility index (Phi) is 6.07. The quantitative estimate of drug-likeness (QED) is 0.756. The van der Waals surface area contributed by atoms with E-state index in [9.17, 15) is 4.79 Å². The van der Waals surface area contributed by atoms with Gasteiger partial charge in [-0.15, -0.1) is 0 Å². The third-order valence-electron chi connectivity index (χ3n) is 4.21. The van der Waals surface area contributed by atoms with Crippen LogP contribution >= 0.6 is 0 Å². The van der Waals surface area contributed by atoms with Crippen molar-refractivity contribution >= 4 is 5.97 Å². The molecule has 1 aromatic rings. The Balaban J connectivity index is 2.28. The zero-order valence-corrected chi connectivity index (χ0v) is 13.6. The molecule has 0 amide bonds. The van der Waals surface area contributed by atoms with Crippen molar-refractivity contribution < 1.29 is 19.0 Å². The molecule has 5 heteroatoms. The monoisotopic (exact) mass is 307 g/mol. The Bertz CT molecular complexity index is 497. The summed E-state index contributed by atoms with van der Waals surface area (Å²) in [6, 6.07) is 5.88. The summed E-state index contributed by atoms with van der Waals surface area (Å²) < 4.78 is 15.5. The molecular weight excluding hydrogens is 282 g/mol. The van der Waals surface area contributed by atoms with Crippen molar-refractivity contribution in [2.45, 2.75) is 31.7 Å². The van der Waals surface area contributed by atoms with Crippen LogP contribution in [0.5, 0.6) is 11.5 Å². The van der Waals surface area contributed by atoms with E-state index in [1.54, 1.807) is 14.2 Å². The highest BCUT2D eigenvalue weighted by atomic mass is 16.5. The van der Waals surface area contributed by atoms with Crippen LogP contribution in [0.1, 0.15) is 37.3 Å². The highest BCUT2D eigenvalue weighted by Crippen LogP contribution is 2.34. The fourth-order valence-electron chi connectivity index (χ4n) is 2.99. The molecule has 2 rings (SSSR count). The maximum absolute atomic E-state index is 11.8. The molecule has 0 saturated carbocycles. The third-order valence-corrected chi connectivity index (χ3v) is 4.21. The second-order valence-electron chi connectivity index (χ2n) is 5.51. The number of benzene rings is 1. The molecule has 1 aliphatic rings. The van der Waals surface area contributed by atoms with Gasteiger partial charge in [0.2, 0.25) is 0 Å². The van der Waals surface area contributed by atoms with Gasteiger partial charge in [0.15, 0.2) is 11.5 Å². The second-order valence-corrected chi connectivity index (χ2v) is 5.51. The number of nitrogens with zero attached hydrogens (tertiary/aromatic N) is 1. The van der Waals surface area contributed by atoms with Crippen molar-refractivity contribution in [3.63, 3.8) is 0 Å². The van der Waals surface area contributed by atoms with E-state index < -0.39 is 0 Å². The summed E-state index contributed by atoms with van der Waals surface area (Å²) in [5.74, 6) is 1.19. The van der Waals surface area contributed by atoms with Crippen molar-refractivity contribution in [3.8, 4) is 11.5 Å². The lowest BCUT2D eigenvalue weighted by Crippen LogP contribution is -2.35. The molecule has 0 aromatic heterocycles. The molecule has 1 heterocycles. The lowest BCUT2D eigenvalue weighted by atomic mass is 9.98. The van der Waals surface area contributed by atoms with Crippen LogP contribution in [0.2, 0.25) is 0 Å². The number of esters is 1. The molecule has 0 spiro atoms. The zero-order valence-electron chi connectivity index (χ0n) is 13.6. The fourth-order valence-corrected chi connectivity index (χ4v) is 2.99. The first kappa shape index (κ1) is 16.6. The van der Waals surface area contributed by atoms with Crippen LogP contribution in [-0.2, 0) is 9.53 Å². The van der Waals surface area contributed by atoms with Crippen molar-refractivity contribution in [1.29, 1.82) is 0 Å². The number of carbonyl (C=O) groups excluding carboxylic acids is 1. The van der Waals surface area contributed by atoms with Gasteiger partial charge >= 0.3 is 5.97 Å². The van der Waals surface area contributed by atoms with E-state index in [0.29, 0.717) is 17.9 Å². The van der Waals surface area contributed by atoms with Gasteiger partial charge in [0, 0.05) is 6.04 Å². The highest BCUT2D eigenvalue weighted by Gasteiger charge is 2.26. The van der Waals surface area contributed by atoms with E-state index in [1.807, 2.05) is 18.2 Å². The van der Waals surface area contributed by atoms with E-state index >= 15 is 0 Å². The molecule has 1 aliphatic heterocycles. The molecule has 0 N–H and O–H groups in total. The Morgan fingerprint density at radius 3 is 2.36 bits per heavy atom. The summed E-state index contributed by atoms with van der Waals surface area (Å²) in [6.07, 6.45) is 3.95. The molecular formula is C17H25NO4. The van der Waals surface area contributed by atoms with Crippen molar-refractivity contribution in [3.05, 3.63) is 23.8 Å². The zero-order chi connectivity index (χ0) is 15.9. The number of carbonyl (C=O) groups is 1. The fraction of sp³-hybridized carbons (Fsp3) is 0.588. The lowest BCUT2D eigenvalue weighted by molar-refractivity contribution is -0.142. The average molecular weight is 307 g/mol. The molecule has 1 fully saturated rings. The first-order chi connectivity index (χ1) is 10.7. The molecule has 5 nitrogen and oxygen atoms in total. The number of hydrogen-bond donors (Lipinski definition) is 0. The molecule has 1 atom stereocenters. The predicted octanol–water partition coefficient (Wildman–Crippen LogP) is 2.79. The minimum atomic E-state index is -0.189. The molecule has 122 valence electrons. The maximum Gasteiger partial charge on any atom is 0.307 e. The van der Waals surface area contributed by atoms with Gasteiger partial charge < -0.3 is 14.2 Å². The molecule has 0 radical (unpaired) electrons. The molecule has 1 saturated heterocycles. The molecule has 22 heavy (non-hydrogen) atoms. The van der Waals surface area contributed by atoms with Gasteiger partial charge in [-0.25, -0.2) is 0 Å². The maximum atomic E-state index is 11.8. The summed E-state index contributed by atoms with van der Waals surface area (Å²) >= 11 is 0. The molecule has 0 bridgehead atoms. The van der Waals surface area contributed by atoms with Gasteiger partial charge in [0.05, 0.1) is 27.8 Å². The van der Waals surface area contributed by atoms with Crippen LogP contribution in [0.15, 0.2) is 18.2 Å². The van der Waals surface area contributed by atoms with Crippen molar-refractivity contribution in [2.75, 3.05) is 34.4 Å². The second kappa shape index (κ2) is 8.03. The number of rotatable bonds is 6. The van der Waals surface area contributed by atoms with Crippen LogP contribution in [0.4, 0.5) is 0 Å². The standard InChI is InChI=1S/C17H25NO4/c1-20-15-8-7-13(11-16(15)21-2)14(12-17(19)22-3)18-9-5-4-6-10-18/h7-8,11,14H,4-6,9-10,12H2,1-3H3. The van der Waals surface area contributed by atoms with Gasteiger partial charge in [-0.3, -0.25) is 9.69 Å². The largest absolute Gasteiger partial charge is 0.493 e. The van der Waals surface area contributed by atoms with Gasteiger partial charge in [-0.05, 0) is 43.6 Å². The Morgan fingerprint density at radius 1 is 1.09 bits per heavy atom. The summed E-state index contributed by atoms with van der Waals surface area (Å²) in [5.41, 5.74) is 1.06. The summed E-state index contributed by atoms with van der Waals surface area (Å²) in [7, 11) is 4.68.